The normalized spacial score (nSPS) is 13.1. The SMILES string of the molecule is O=C(CCCNC(=O)C1CC1)Nc1ccccc1Oc1cccc(F)c1. The number of carbonyl (C=O) groups excluding carboxylic acids is 2. The summed E-state index contributed by atoms with van der Waals surface area (Å²) in [4.78, 5) is 23.7. The fourth-order valence-electron chi connectivity index (χ4n) is 2.48. The van der Waals surface area contributed by atoms with E-state index in [1.807, 2.05) is 0 Å². The molecule has 26 heavy (non-hydrogen) atoms. The van der Waals surface area contributed by atoms with E-state index in [0.29, 0.717) is 36.6 Å². The van der Waals surface area contributed by atoms with Gasteiger partial charge in [-0.1, -0.05) is 18.2 Å². The topological polar surface area (TPSA) is 67.4 Å². The second kappa shape index (κ2) is 8.47. The standard InChI is InChI=1S/C20H21FN2O3/c21-15-5-3-6-16(13-15)26-18-8-2-1-7-17(18)23-19(24)9-4-12-22-20(25)14-10-11-14/h1-3,5-8,13-14H,4,9-12H2,(H,22,25)(H,23,24). The van der Waals surface area contributed by atoms with E-state index in [1.54, 1.807) is 36.4 Å². The van der Waals surface area contributed by atoms with Gasteiger partial charge >= 0.3 is 0 Å². The lowest BCUT2D eigenvalue weighted by molar-refractivity contribution is -0.122. The van der Waals surface area contributed by atoms with Crippen LogP contribution in [0.25, 0.3) is 0 Å². The van der Waals surface area contributed by atoms with Crippen LogP contribution in [0.5, 0.6) is 11.5 Å². The summed E-state index contributed by atoms with van der Waals surface area (Å²) in [7, 11) is 0. The molecule has 5 nitrogen and oxygen atoms in total. The number of hydrogen-bond donors (Lipinski definition) is 2. The molecule has 0 bridgehead atoms. The van der Waals surface area contributed by atoms with Crippen molar-refractivity contribution in [3.05, 3.63) is 54.3 Å². The van der Waals surface area contributed by atoms with Crippen LogP contribution in [-0.4, -0.2) is 18.4 Å². The predicted octanol–water partition coefficient (Wildman–Crippen LogP) is 3.86. The molecule has 0 radical (unpaired) electrons. The van der Waals surface area contributed by atoms with Crippen LogP contribution < -0.4 is 15.4 Å². The van der Waals surface area contributed by atoms with E-state index in [2.05, 4.69) is 10.6 Å². The van der Waals surface area contributed by atoms with Gasteiger partial charge in [-0.25, -0.2) is 4.39 Å². The van der Waals surface area contributed by atoms with E-state index in [9.17, 15) is 14.0 Å². The van der Waals surface area contributed by atoms with Gasteiger partial charge in [0.1, 0.15) is 11.6 Å². The van der Waals surface area contributed by atoms with Crippen molar-refractivity contribution in [2.45, 2.75) is 25.7 Å². The van der Waals surface area contributed by atoms with Gasteiger partial charge in [0.25, 0.3) is 0 Å². The number of para-hydroxylation sites is 2. The number of benzene rings is 2. The summed E-state index contributed by atoms with van der Waals surface area (Å²) in [5.74, 6) is 0.496. The third kappa shape index (κ3) is 5.31. The molecule has 0 atom stereocenters. The van der Waals surface area contributed by atoms with Crippen LogP contribution in [0, 0.1) is 11.7 Å². The molecule has 0 aliphatic heterocycles. The van der Waals surface area contributed by atoms with Crippen LogP contribution >= 0.6 is 0 Å². The molecule has 0 spiro atoms. The van der Waals surface area contributed by atoms with Gasteiger partial charge in [0.05, 0.1) is 5.69 Å². The van der Waals surface area contributed by atoms with Crippen molar-refractivity contribution in [2.24, 2.45) is 5.92 Å². The van der Waals surface area contributed by atoms with E-state index < -0.39 is 5.82 Å². The molecule has 1 fully saturated rings. The number of halogens is 1. The second-order valence-electron chi connectivity index (χ2n) is 6.27. The molecule has 6 heteroatoms. The van der Waals surface area contributed by atoms with Crippen LogP contribution in [-0.2, 0) is 9.59 Å². The van der Waals surface area contributed by atoms with E-state index in [1.165, 1.54) is 12.1 Å². The first-order valence-electron chi connectivity index (χ1n) is 8.72. The molecule has 1 aliphatic carbocycles. The zero-order valence-corrected chi connectivity index (χ0v) is 14.3. The van der Waals surface area contributed by atoms with Crippen LogP contribution in [0.1, 0.15) is 25.7 Å². The maximum atomic E-state index is 13.3. The summed E-state index contributed by atoms with van der Waals surface area (Å²) in [6, 6.07) is 12.8. The average molecular weight is 356 g/mol. The van der Waals surface area contributed by atoms with Crippen molar-refractivity contribution in [3.8, 4) is 11.5 Å². The molecule has 2 aromatic carbocycles. The maximum absolute atomic E-state index is 13.3. The number of ether oxygens (including phenoxy) is 1. The summed E-state index contributed by atoms with van der Waals surface area (Å²) in [5, 5.41) is 5.63. The van der Waals surface area contributed by atoms with Gasteiger partial charge in [0.2, 0.25) is 11.8 Å². The average Bonchev–Trinajstić information content (AvgIpc) is 3.45. The van der Waals surface area contributed by atoms with E-state index >= 15 is 0 Å². The minimum Gasteiger partial charge on any atom is -0.455 e. The molecule has 136 valence electrons. The third-order valence-corrected chi connectivity index (χ3v) is 4.01. The zero-order valence-electron chi connectivity index (χ0n) is 14.3. The molecule has 0 saturated heterocycles. The number of anilines is 1. The smallest absolute Gasteiger partial charge is 0.224 e. The molecular formula is C20H21FN2O3. The minimum absolute atomic E-state index is 0.0826. The molecule has 0 heterocycles. The van der Waals surface area contributed by atoms with Crippen LogP contribution in [0.4, 0.5) is 10.1 Å². The summed E-state index contributed by atoms with van der Waals surface area (Å²) < 4.78 is 19.0. The highest BCUT2D eigenvalue weighted by Gasteiger charge is 2.28. The van der Waals surface area contributed by atoms with Crippen molar-refractivity contribution in [3.63, 3.8) is 0 Å². The largest absolute Gasteiger partial charge is 0.455 e. The number of amides is 2. The first kappa shape index (κ1) is 17.9. The summed E-state index contributed by atoms with van der Waals surface area (Å²) in [6.07, 6.45) is 2.79. The van der Waals surface area contributed by atoms with E-state index in [0.717, 1.165) is 12.8 Å². The van der Waals surface area contributed by atoms with Crippen LogP contribution in [0.3, 0.4) is 0 Å². The highest BCUT2D eigenvalue weighted by atomic mass is 19.1. The maximum Gasteiger partial charge on any atom is 0.224 e. The molecule has 2 aromatic rings. The number of hydrogen-bond acceptors (Lipinski definition) is 3. The van der Waals surface area contributed by atoms with Crippen molar-refractivity contribution < 1.29 is 18.7 Å². The van der Waals surface area contributed by atoms with Gasteiger partial charge < -0.3 is 15.4 Å². The van der Waals surface area contributed by atoms with Gasteiger partial charge in [0.15, 0.2) is 5.75 Å². The van der Waals surface area contributed by atoms with Gasteiger partial charge in [-0.15, -0.1) is 0 Å². The van der Waals surface area contributed by atoms with E-state index in [-0.39, 0.29) is 17.7 Å². The lowest BCUT2D eigenvalue weighted by Crippen LogP contribution is -2.26. The molecule has 0 unspecified atom stereocenters. The monoisotopic (exact) mass is 356 g/mol. The fraction of sp³-hybridized carbons (Fsp3) is 0.300. The van der Waals surface area contributed by atoms with Gasteiger partial charge in [-0.3, -0.25) is 9.59 Å². The fourth-order valence-corrected chi connectivity index (χ4v) is 2.48. The summed E-state index contributed by atoms with van der Waals surface area (Å²) in [5.41, 5.74) is 0.517. The Morgan fingerprint density at radius 3 is 2.69 bits per heavy atom. The Kier molecular flexibility index (Phi) is 5.84. The van der Waals surface area contributed by atoms with Crippen molar-refractivity contribution in [1.82, 2.24) is 5.32 Å². The predicted molar refractivity (Wildman–Crippen MR) is 96.5 cm³/mol. The molecule has 3 rings (SSSR count). The molecule has 0 aromatic heterocycles. The van der Waals surface area contributed by atoms with E-state index in [4.69, 9.17) is 4.74 Å². The summed E-state index contributed by atoms with van der Waals surface area (Å²) in [6.45, 7) is 0.490. The first-order chi connectivity index (χ1) is 12.6. The van der Waals surface area contributed by atoms with Crippen molar-refractivity contribution >= 4 is 17.5 Å². The molecule has 2 N–H and O–H groups in total. The Morgan fingerprint density at radius 2 is 1.92 bits per heavy atom. The van der Waals surface area contributed by atoms with Crippen LogP contribution in [0.15, 0.2) is 48.5 Å². The van der Waals surface area contributed by atoms with Crippen molar-refractivity contribution in [2.75, 3.05) is 11.9 Å². The molecule has 1 aliphatic rings. The quantitative estimate of drug-likeness (QED) is 0.706. The lowest BCUT2D eigenvalue weighted by atomic mass is 10.2. The Bertz CT molecular complexity index is 790. The summed E-state index contributed by atoms with van der Waals surface area (Å²) >= 11 is 0. The Hall–Kier alpha value is -2.89. The van der Waals surface area contributed by atoms with Gasteiger partial charge in [-0.05, 0) is 43.5 Å². The number of carbonyl (C=O) groups is 2. The molecule has 1 saturated carbocycles. The molecule has 2 amide bonds. The Balaban J connectivity index is 1.50. The number of rotatable bonds is 8. The second-order valence-corrected chi connectivity index (χ2v) is 6.27. The van der Waals surface area contributed by atoms with Crippen molar-refractivity contribution in [1.29, 1.82) is 0 Å². The lowest BCUT2D eigenvalue weighted by Gasteiger charge is -2.12. The highest BCUT2D eigenvalue weighted by molar-refractivity contribution is 5.92. The Morgan fingerprint density at radius 1 is 1.12 bits per heavy atom. The first-order valence-corrected chi connectivity index (χ1v) is 8.72. The van der Waals surface area contributed by atoms with Gasteiger partial charge in [-0.2, -0.15) is 0 Å². The third-order valence-electron chi connectivity index (χ3n) is 4.01. The van der Waals surface area contributed by atoms with Crippen LogP contribution in [0.2, 0.25) is 0 Å². The zero-order chi connectivity index (χ0) is 18.4. The van der Waals surface area contributed by atoms with Gasteiger partial charge in [0, 0.05) is 24.9 Å². The highest BCUT2D eigenvalue weighted by Crippen LogP contribution is 2.30. The molecular weight excluding hydrogens is 335 g/mol. The number of nitrogens with one attached hydrogen (secondary N) is 2. The minimum atomic E-state index is -0.391. The Labute approximate surface area is 151 Å².